The number of hydrogen-bond acceptors (Lipinski definition) is 5. The fraction of sp³-hybridized carbons (Fsp3) is 0.500. The van der Waals surface area contributed by atoms with Crippen LogP contribution < -0.4 is 4.74 Å². The normalized spacial score (nSPS) is 18.7. The Labute approximate surface area is 136 Å². The number of benzene rings is 1. The lowest BCUT2D eigenvalue weighted by Crippen LogP contribution is -2.22. The van der Waals surface area contributed by atoms with Gasteiger partial charge in [-0.1, -0.05) is 25.1 Å². The zero-order valence-corrected chi connectivity index (χ0v) is 14.0. The summed E-state index contributed by atoms with van der Waals surface area (Å²) in [5.41, 5.74) is 2.08. The van der Waals surface area contributed by atoms with E-state index in [1.54, 1.807) is 19.2 Å². The second kappa shape index (κ2) is 6.62. The number of aromatic nitrogens is 1. The van der Waals surface area contributed by atoms with Gasteiger partial charge in [-0.15, -0.1) is 0 Å². The van der Waals surface area contributed by atoms with E-state index in [4.69, 9.17) is 9.26 Å². The van der Waals surface area contributed by atoms with Crippen LogP contribution in [0, 0.1) is 0 Å². The average Bonchev–Trinajstić information content (AvgIpc) is 3.16. The molecule has 1 fully saturated rings. The van der Waals surface area contributed by atoms with Gasteiger partial charge in [-0.25, -0.2) is 0 Å². The maximum absolute atomic E-state index is 9.94. The molecule has 1 N–H and O–H groups in total. The second-order valence-corrected chi connectivity index (χ2v) is 6.44. The Balaban J connectivity index is 1.75. The lowest BCUT2D eigenvalue weighted by Gasteiger charge is -2.22. The highest BCUT2D eigenvalue weighted by molar-refractivity contribution is 5.41. The van der Waals surface area contributed by atoms with Crippen LogP contribution in [0.4, 0.5) is 0 Å². The van der Waals surface area contributed by atoms with Crippen LogP contribution in [0.3, 0.4) is 0 Å². The van der Waals surface area contributed by atoms with Gasteiger partial charge in [0.05, 0.1) is 18.8 Å². The molecule has 3 rings (SSSR count). The Bertz CT molecular complexity index is 666. The van der Waals surface area contributed by atoms with Gasteiger partial charge in [0.15, 0.2) is 17.3 Å². The topological polar surface area (TPSA) is 58.7 Å². The third-order valence-corrected chi connectivity index (χ3v) is 4.46. The molecule has 1 aliphatic heterocycles. The van der Waals surface area contributed by atoms with Crippen LogP contribution in [0.25, 0.3) is 0 Å². The first-order valence-corrected chi connectivity index (χ1v) is 8.15. The van der Waals surface area contributed by atoms with Gasteiger partial charge in [0, 0.05) is 12.6 Å². The van der Waals surface area contributed by atoms with Crippen LogP contribution in [0.15, 0.2) is 28.8 Å². The minimum atomic E-state index is 0.183. The minimum Gasteiger partial charge on any atom is -0.504 e. The number of phenols is 1. The van der Waals surface area contributed by atoms with Crippen molar-refractivity contribution in [1.29, 1.82) is 0 Å². The largest absolute Gasteiger partial charge is 0.504 e. The molecule has 1 aliphatic rings. The molecule has 23 heavy (non-hydrogen) atoms. The Hall–Kier alpha value is -2.01. The number of methoxy groups -OCH3 is 1. The first-order valence-electron chi connectivity index (χ1n) is 8.15. The second-order valence-electron chi connectivity index (χ2n) is 6.44. The van der Waals surface area contributed by atoms with Crippen molar-refractivity contribution in [3.8, 4) is 11.5 Å². The standard InChI is InChI=1S/C18H24N2O3/c1-12(2)14-10-18(23-19-14)15-5-4-8-20(15)11-13-6-7-17(22-3)16(21)9-13/h6-7,9-10,12,15,21H,4-5,8,11H2,1-3H3. The average molecular weight is 316 g/mol. The van der Waals surface area contributed by atoms with Crippen molar-refractivity contribution in [2.75, 3.05) is 13.7 Å². The molecule has 0 saturated carbocycles. The zero-order valence-electron chi connectivity index (χ0n) is 14.0. The minimum absolute atomic E-state index is 0.183. The van der Waals surface area contributed by atoms with Crippen LogP contribution in [0.2, 0.25) is 0 Å². The summed E-state index contributed by atoms with van der Waals surface area (Å²) in [5.74, 6) is 2.01. The van der Waals surface area contributed by atoms with Crippen molar-refractivity contribution in [3.63, 3.8) is 0 Å². The predicted octanol–water partition coefficient (Wildman–Crippen LogP) is 3.85. The molecule has 1 saturated heterocycles. The first-order chi connectivity index (χ1) is 11.1. The maximum Gasteiger partial charge on any atom is 0.160 e. The zero-order chi connectivity index (χ0) is 16.4. The van der Waals surface area contributed by atoms with E-state index in [2.05, 4.69) is 30.0 Å². The van der Waals surface area contributed by atoms with E-state index in [-0.39, 0.29) is 11.8 Å². The van der Waals surface area contributed by atoms with Gasteiger partial charge in [0.1, 0.15) is 0 Å². The summed E-state index contributed by atoms with van der Waals surface area (Å²) in [4.78, 5) is 2.38. The molecule has 2 aromatic rings. The van der Waals surface area contributed by atoms with Gasteiger partial charge in [-0.2, -0.15) is 0 Å². The Kier molecular flexibility index (Phi) is 4.57. The smallest absolute Gasteiger partial charge is 0.160 e. The third-order valence-electron chi connectivity index (χ3n) is 4.46. The molecule has 1 aromatic carbocycles. The van der Waals surface area contributed by atoms with Crippen molar-refractivity contribution in [3.05, 3.63) is 41.3 Å². The highest BCUT2D eigenvalue weighted by atomic mass is 16.5. The van der Waals surface area contributed by atoms with E-state index in [0.29, 0.717) is 11.7 Å². The molecule has 1 unspecified atom stereocenters. The Morgan fingerprint density at radius 1 is 1.39 bits per heavy atom. The summed E-state index contributed by atoms with van der Waals surface area (Å²) in [6, 6.07) is 7.92. The van der Waals surface area contributed by atoms with Gasteiger partial charge in [-0.05, 0) is 43.0 Å². The number of aromatic hydroxyl groups is 1. The van der Waals surface area contributed by atoms with Crippen molar-refractivity contribution in [2.45, 2.75) is 45.2 Å². The Morgan fingerprint density at radius 3 is 2.87 bits per heavy atom. The lowest BCUT2D eigenvalue weighted by molar-refractivity contribution is 0.206. The van der Waals surface area contributed by atoms with E-state index in [9.17, 15) is 5.11 Å². The number of rotatable bonds is 5. The van der Waals surface area contributed by atoms with Crippen LogP contribution in [0.5, 0.6) is 11.5 Å². The Morgan fingerprint density at radius 2 is 2.22 bits per heavy atom. The van der Waals surface area contributed by atoms with E-state index < -0.39 is 0 Å². The molecule has 0 radical (unpaired) electrons. The van der Waals surface area contributed by atoms with Crippen molar-refractivity contribution < 1.29 is 14.4 Å². The summed E-state index contributed by atoms with van der Waals surface area (Å²) in [6.07, 6.45) is 2.22. The molecule has 0 spiro atoms. The summed E-state index contributed by atoms with van der Waals surface area (Å²) in [5, 5.41) is 14.1. The SMILES string of the molecule is COc1ccc(CN2CCCC2c2cc(C(C)C)no2)cc1O. The molecule has 1 aromatic heterocycles. The van der Waals surface area contributed by atoms with Gasteiger partial charge in [0.25, 0.3) is 0 Å². The summed E-state index contributed by atoms with van der Waals surface area (Å²) < 4.78 is 10.7. The van der Waals surface area contributed by atoms with Crippen molar-refractivity contribution in [1.82, 2.24) is 10.1 Å². The summed E-state index contributed by atoms with van der Waals surface area (Å²) in [7, 11) is 1.56. The van der Waals surface area contributed by atoms with E-state index >= 15 is 0 Å². The molecule has 5 heteroatoms. The molecule has 0 amide bonds. The third kappa shape index (κ3) is 3.34. The molecule has 2 heterocycles. The van der Waals surface area contributed by atoms with Crippen LogP contribution in [-0.4, -0.2) is 28.8 Å². The van der Waals surface area contributed by atoms with E-state index in [0.717, 1.165) is 42.9 Å². The number of hydrogen-bond donors (Lipinski definition) is 1. The lowest BCUT2D eigenvalue weighted by atomic mass is 10.1. The molecule has 0 aliphatic carbocycles. The fourth-order valence-electron chi connectivity index (χ4n) is 3.14. The van der Waals surface area contributed by atoms with Gasteiger partial charge < -0.3 is 14.4 Å². The first kappa shape index (κ1) is 15.9. The summed E-state index contributed by atoms with van der Waals surface area (Å²) >= 11 is 0. The highest BCUT2D eigenvalue weighted by Crippen LogP contribution is 2.35. The van der Waals surface area contributed by atoms with Crippen molar-refractivity contribution in [2.24, 2.45) is 0 Å². The number of likely N-dealkylation sites (tertiary alicyclic amines) is 1. The van der Waals surface area contributed by atoms with Crippen molar-refractivity contribution >= 4 is 0 Å². The maximum atomic E-state index is 9.94. The van der Waals surface area contributed by atoms with Gasteiger partial charge in [0.2, 0.25) is 0 Å². The molecule has 5 nitrogen and oxygen atoms in total. The highest BCUT2D eigenvalue weighted by Gasteiger charge is 2.29. The molecule has 1 atom stereocenters. The molecule has 124 valence electrons. The van der Waals surface area contributed by atoms with Gasteiger partial charge >= 0.3 is 0 Å². The molecule has 0 bridgehead atoms. The van der Waals surface area contributed by atoms with Crippen LogP contribution >= 0.6 is 0 Å². The number of phenolic OH excluding ortho intramolecular Hbond substituents is 1. The quantitative estimate of drug-likeness (QED) is 0.908. The van der Waals surface area contributed by atoms with E-state index in [1.165, 1.54) is 0 Å². The van der Waals surface area contributed by atoms with E-state index in [1.807, 2.05) is 6.07 Å². The van der Waals surface area contributed by atoms with Crippen LogP contribution in [0.1, 0.15) is 55.7 Å². The molecular formula is C18H24N2O3. The molecular weight excluding hydrogens is 292 g/mol. The fourth-order valence-corrected chi connectivity index (χ4v) is 3.14. The monoisotopic (exact) mass is 316 g/mol. The number of nitrogens with zero attached hydrogens (tertiary/aromatic N) is 2. The number of ether oxygens (including phenoxy) is 1. The summed E-state index contributed by atoms with van der Waals surface area (Å²) in [6.45, 7) is 6.04. The van der Waals surface area contributed by atoms with Gasteiger partial charge in [-0.3, -0.25) is 4.90 Å². The predicted molar refractivity (Wildman–Crippen MR) is 87.6 cm³/mol. The van der Waals surface area contributed by atoms with Crippen LogP contribution in [-0.2, 0) is 6.54 Å².